The van der Waals surface area contributed by atoms with E-state index >= 15 is 0 Å². The number of H-pyrrole nitrogens is 1. The van der Waals surface area contributed by atoms with Gasteiger partial charge in [-0.15, -0.1) is 0 Å². The highest BCUT2D eigenvalue weighted by Gasteiger charge is 2.25. The van der Waals surface area contributed by atoms with Gasteiger partial charge < -0.3 is 15.4 Å². The lowest BCUT2D eigenvalue weighted by Gasteiger charge is -2.28. The molecule has 1 heterocycles. The monoisotopic (exact) mass is 276 g/mol. The van der Waals surface area contributed by atoms with Crippen LogP contribution in [0, 0.1) is 0 Å². The molecular weight excluding hydrogens is 263 g/mol. The third-order valence-corrected chi connectivity index (χ3v) is 3.71. The largest absolute Gasteiger partial charge is 0.391 e. The summed E-state index contributed by atoms with van der Waals surface area (Å²) in [6.45, 7) is 0. The van der Waals surface area contributed by atoms with Gasteiger partial charge in [-0.05, 0) is 18.9 Å². The molecule has 1 saturated carbocycles. The number of aliphatic hydroxyl groups is 1. The van der Waals surface area contributed by atoms with Crippen molar-refractivity contribution in [1.29, 1.82) is 0 Å². The molecule has 2 rings (SSSR count). The summed E-state index contributed by atoms with van der Waals surface area (Å²) in [7, 11) is 0. The molecule has 3 N–H and O–H groups in total. The molecule has 17 heavy (non-hydrogen) atoms. The molecule has 0 radical (unpaired) electrons. The number of amides is 1. The molecule has 94 valence electrons. The molecule has 1 amide bonds. The predicted molar refractivity (Wildman–Crippen MR) is 66.5 cm³/mol. The van der Waals surface area contributed by atoms with Crippen molar-refractivity contribution in [3.63, 3.8) is 0 Å². The van der Waals surface area contributed by atoms with Crippen molar-refractivity contribution in [3.8, 4) is 0 Å². The molecule has 1 fully saturated rings. The number of aromatic nitrogens is 1. The van der Waals surface area contributed by atoms with Crippen molar-refractivity contribution in [2.75, 3.05) is 0 Å². The normalized spacial score (nSPS) is 24.6. The van der Waals surface area contributed by atoms with E-state index in [4.69, 9.17) is 23.2 Å². The fourth-order valence-electron chi connectivity index (χ4n) is 2.05. The number of rotatable bonds is 2. The Kier molecular flexibility index (Phi) is 3.97. The molecule has 1 aliphatic carbocycles. The summed E-state index contributed by atoms with van der Waals surface area (Å²) in [5, 5.41) is 13.1. The van der Waals surface area contributed by atoms with Crippen molar-refractivity contribution in [3.05, 3.63) is 21.9 Å². The molecule has 0 aromatic carbocycles. The molecule has 0 unspecified atom stereocenters. The van der Waals surface area contributed by atoms with Crippen molar-refractivity contribution in [2.45, 2.75) is 37.8 Å². The first kappa shape index (κ1) is 12.7. The van der Waals surface area contributed by atoms with E-state index in [0.29, 0.717) is 10.7 Å². The second kappa shape index (κ2) is 5.29. The number of hydrogen-bond donors (Lipinski definition) is 3. The van der Waals surface area contributed by atoms with E-state index in [1.165, 1.54) is 6.07 Å². The van der Waals surface area contributed by atoms with Gasteiger partial charge >= 0.3 is 0 Å². The van der Waals surface area contributed by atoms with Crippen LogP contribution in [0.25, 0.3) is 0 Å². The second-order valence-electron chi connectivity index (χ2n) is 4.28. The molecule has 0 saturated heterocycles. The SMILES string of the molecule is O=C(N[C@H]1CCCC[C@@H]1O)c1cc(Cl)c(Cl)[nH]1. The Hall–Kier alpha value is -0.710. The number of hydrogen-bond acceptors (Lipinski definition) is 2. The van der Waals surface area contributed by atoms with Crippen LogP contribution in [-0.4, -0.2) is 28.1 Å². The third-order valence-electron chi connectivity index (χ3n) is 3.02. The Morgan fingerprint density at radius 2 is 2.12 bits per heavy atom. The highest BCUT2D eigenvalue weighted by Crippen LogP contribution is 2.23. The zero-order chi connectivity index (χ0) is 12.4. The maximum atomic E-state index is 11.9. The molecule has 0 aliphatic heterocycles. The molecule has 6 heteroatoms. The van der Waals surface area contributed by atoms with E-state index in [2.05, 4.69) is 10.3 Å². The average molecular weight is 277 g/mol. The Morgan fingerprint density at radius 1 is 1.41 bits per heavy atom. The fraction of sp³-hybridized carbons (Fsp3) is 0.545. The van der Waals surface area contributed by atoms with Crippen molar-refractivity contribution < 1.29 is 9.90 Å². The van der Waals surface area contributed by atoms with Crippen LogP contribution in [0.1, 0.15) is 36.2 Å². The van der Waals surface area contributed by atoms with Gasteiger partial charge in [-0.3, -0.25) is 4.79 Å². The minimum Gasteiger partial charge on any atom is -0.391 e. The summed E-state index contributed by atoms with van der Waals surface area (Å²) in [5.41, 5.74) is 0.317. The first-order valence-electron chi connectivity index (χ1n) is 5.61. The maximum absolute atomic E-state index is 11.9. The molecule has 1 aromatic heterocycles. The number of carbonyl (C=O) groups is 1. The van der Waals surface area contributed by atoms with Gasteiger partial charge in [0.1, 0.15) is 10.8 Å². The quantitative estimate of drug-likeness (QED) is 0.777. The number of nitrogens with one attached hydrogen (secondary N) is 2. The van der Waals surface area contributed by atoms with Gasteiger partial charge in [-0.2, -0.15) is 0 Å². The van der Waals surface area contributed by atoms with Crippen LogP contribution in [0.2, 0.25) is 10.2 Å². The first-order chi connectivity index (χ1) is 8.08. The molecular formula is C11H14Cl2N2O2. The van der Waals surface area contributed by atoms with Crippen LogP contribution in [0.15, 0.2) is 6.07 Å². The highest BCUT2D eigenvalue weighted by molar-refractivity contribution is 6.41. The van der Waals surface area contributed by atoms with Crippen molar-refractivity contribution in [1.82, 2.24) is 10.3 Å². The van der Waals surface area contributed by atoms with Gasteiger partial charge in [0.2, 0.25) is 0 Å². The van der Waals surface area contributed by atoms with E-state index in [-0.39, 0.29) is 17.1 Å². The van der Waals surface area contributed by atoms with Crippen LogP contribution >= 0.6 is 23.2 Å². The van der Waals surface area contributed by atoms with Crippen LogP contribution in [0.3, 0.4) is 0 Å². The fourth-order valence-corrected chi connectivity index (χ4v) is 2.36. The van der Waals surface area contributed by atoms with Gasteiger partial charge in [0.05, 0.1) is 17.2 Å². The Balaban J connectivity index is 2.01. The molecule has 2 atom stereocenters. The lowest BCUT2D eigenvalue weighted by Crippen LogP contribution is -2.45. The number of aliphatic hydroxyl groups excluding tert-OH is 1. The molecule has 1 aliphatic rings. The Labute approximate surface area is 109 Å². The van der Waals surface area contributed by atoms with E-state index in [9.17, 15) is 9.90 Å². The van der Waals surface area contributed by atoms with Crippen molar-refractivity contribution >= 4 is 29.1 Å². The molecule has 4 nitrogen and oxygen atoms in total. The predicted octanol–water partition coefficient (Wildman–Crippen LogP) is 2.35. The van der Waals surface area contributed by atoms with Crippen LogP contribution in [0.4, 0.5) is 0 Å². The number of aromatic amines is 1. The van der Waals surface area contributed by atoms with Crippen LogP contribution in [-0.2, 0) is 0 Å². The molecule has 1 aromatic rings. The summed E-state index contributed by atoms with van der Waals surface area (Å²) in [4.78, 5) is 14.5. The Bertz CT molecular complexity index is 400. The summed E-state index contributed by atoms with van der Waals surface area (Å²) in [6.07, 6.45) is 3.10. The lowest BCUT2D eigenvalue weighted by molar-refractivity contribution is 0.0714. The minimum atomic E-state index is -0.464. The van der Waals surface area contributed by atoms with Crippen LogP contribution in [0.5, 0.6) is 0 Å². The van der Waals surface area contributed by atoms with E-state index < -0.39 is 6.10 Å². The van der Waals surface area contributed by atoms with Crippen molar-refractivity contribution in [2.24, 2.45) is 0 Å². The highest BCUT2D eigenvalue weighted by atomic mass is 35.5. The van der Waals surface area contributed by atoms with Gasteiger partial charge in [0, 0.05) is 0 Å². The lowest BCUT2D eigenvalue weighted by atomic mass is 9.92. The van der Waals surface area contributed by atoms with Gasteiger partial charge in [0.25, 0.3) is 5.91 Å². The topological polar surface area (TPSA) is 65.1 Å². The van der Waals surface area contributed by atoms with E-state index in [1.807, 2.05) is 0 Å². The standard InChI is InChI=1S/C11H14Cl2N2O2/c12-6-5-8(14-10(6)13)11(17)15-7-3-1-2-4-9(7)16/h5,7,9,14,16H,1-4H2,(H,15,17)/t7-,9-/m0/s1. The average Bonchev–Trinajstić information content (AvgIpc) is 2.63. The number of carbonyl (C=O) groups excluding carboxylic acids is 1. The van der Waals surface area contributed by atoms with Crippen LogP contribution < -0.4 is 5.32 Å². The summed E-state index contributed by atoms with van der Waals surface area (Å²) < 4.78 is 0. The number of halogens is 2. The molecule has 0 spiro atoms. The molecule has 0 bridgehead atoms. The Morgan fingerprint density at radius 3 is 2.71 bits per heavy atom. The van der Waals surface area contributed by atoms with E-state index in [0.717, 1.165) is 25.7 Å². The smallest absolute Gasteiger partial charge is 0.268 e. The van der Waals surface area contributed by atoms with Gasteiger partial charge in [-0.25, -0.2) is 0 Å². The van der Waals surface area contributed by atoms with Gasteiger partial charge in [0.15, 0.2) is 0 Å². The second-order valence-corrected chi connectivity index (χ2v) is 5.06. The summed E-state index contributed by atoms with van der Waals surface area (Å²) >= 11 is 11.5. The minimum absolute atomic E-state index is 0.183. The zero-order valence-corrected chi connectivity index (χ0v) is 10.7. The maximum Gasteiger partial charge on any atom is 0.268 e. The summed E-state index contributed by atoms with van der Waals surface area (Å²) in [6, 6.07) is 1.30. The summed E-state index contributed by atoms with van der Waals surface area (Å²) in [5.74, 6) is -0.287. The van der Waals surface area contributed by atoms with E-state index in [1.54, 1.807) is 0 Å². The third kappa shape index (κ3) is 2.94. The van der Waals surface area contributed by atoms with Gasteiger partial charge in [-0.1, -0.05) is 36.0 Å². The zero-order valence-electron chi connectivity index (χ0n) is 9.17. The first-order valence-corrected chi connectivity index (χ1v) is 6.36.